The van der Waals surface area contributed by atoms with Crippen LogP contribution in [0.1, 0.15) is 41.8 Å². The standard InChI is InChI=1S/C22H22N4O/c1-15-9-11-18(12-10-15)21-13-22(26(24-21)17(3)27)20-14-25(23-16(20)2)19-7-5-4-6-8-19/h4-12,14,22H,13H2,1-3H3. The number of carbonyl (C=O) groups is 1. The van der Waals surface area contributed by atoms with Crippen molar-refractivity contribution >= 4 is 11.6 Å². The first-order chi connectivity index (χ1) is 13.0. The Labute approximate surface area is 158 Å². The molecule has 0 spiro atoms. The molecule has 1 aliphatic heterocycles. The number of carbonyl (C=O) groups excluding carboxylic acids is 1. The van der Waals surface area contributed by atoms with Crippen molar-refractivity contribution in [1.82, 2.24) is 14.8 Å². The van der Waals surface area contributed by atoms with Crippen LogP contribution in [-0.2, 0) is 4.79 Å². The zero-order valence-corrected chi connectivity index (χ0v) is 15.8. The van der Waals surface area contributed by atoms with Gasteiger partial charge in [-0.3, -0.25) is 4.79 Å². The van der Waals surface area contributed by atoms with Crippen LogP contribution in [0.3, 0.4) is 0 Å². The normalized spacial score (nSPS) is 16.5. The van der Waals surface area contributed by atoms with E-state index < -0.39 is 0 Å². The minimum Gasteiger partial charge on any atom is -0.273 e. The number of benzene rings is 2. The molecule has 1 atom stereocenters. The maximum atomic E-state index is 12.2. The number of aromatic nitrogens is 2. The third kappa shape index (κ3) is 3.28. The monoisotopic (exact) mass is 358 g/mol. The van der Waals surface area contributed by atoms with Gasteiger partial charge in [0.05, 0.1) is 23.1 Å². The van der Waals surface area contributed by atoms with Crippen molar-refractivity contribution in [1.29, 1.82) is 0 Å². The number of para-hydroxylation sites is 1. The lowest BCUT2D eigenvalue weighted by atomic mass is 9.98. The molecule has 5 nitrogen and oxygen atoms in total. The largest absolute Gasteiger partial charge is 0.273 e. The molecule has 0 aliphatic carbocycles. The quantitative estimate of drug-likeness (QED) is 0.705. The van der Waals surface area contributed by atoms with Crippen molar-refractivity contribution in [2.45, 2.75) is 33.2 Å². The van der Waals surface area contributed by atoms with E-state index in [0.717, 1.165) is 28.2 Å². The highest BCUT2D eigenvalue weighted by molar-refractivity contribution is 6.03. The van der Waals surface area contributed by atoms with Gasteiger partial charge < -0.3 is 0 Å². The number of hydrazone groups is 1. The summed E-state index contributed by atoms with van der Waals surface area (Å²) in [4.78, 5) is 12.2. The summed E-state index contributed by atoms with van der Waals surface area (Å²) in [5, 5.41) is 10.9. The summed E-state index contributed by atoms with van der Waals surface area (Å²) < 4.78 is 1.87. The number of amides is 1. The van der Waals surface area contributed by atoms with Crippen molar-refractivity contribution in [3.63, 3.8) is 0 Å². The average molecular weight is 358 g/mol. The van der Waals surface area contributed by atoms with Gasteiger partial charge in [-0.05, 0) is 31.5 Å². The predicted octanol–water partition coefficient (Wildman–Crippen LogP) is 4.19. The van der Waals surface area contributed by atoms with Gasteiger partial charge in [-0.25, -0.2) is 9.69 Å². The lowest BCUT2D eigenvalue weighted by Crippen LogP contribution is -2.24. The van der Waals surface area contributed by atoms with E-state index in [1.807, 2.05) is 48.1 Å². The van der Waals surface area contributed by atoms with E-state index >= 15 is 0 Å². The van der Waals surface area contributed by atoms with Crippen LogP contribution in [0, 0.1) is 13.8 Å². The maximum absolute atomic E-state index is 12.2. The molecule has 136 valence electrons. The minimum atomic E-state index is -0.128. The summed E-state index contributed by atoms with van der Waals surface area (Å²) in [7, 11) is 0. The van der Waals surface area contributed by atoms with Crippen molar-refractivity contribution in [3.05, 3.63) is 83.2 Å². The van der Waals surface area contributed by atoms with E-state index in [9.17, 15) is 4.79 Å². The number of nitrogens with zero attached hydrogens (tertiary/aromatic N) is 4. The Bertz CT molecular complexity index is 1000. The Balaban J connectivity index is 1.68. The van der Waals surface area contributed by atoms with E-state index in [1.54, 1.807) is 11.9 Å². The van der Waals surface area contributed by atoms with Gasteiger partial charge in [0.1, 0.15) is 0 Å². The molecular weight excluding hydrogens is 336 g/mol. The second kappa shape index (κ2) is 6.83. The summed E-state index contributed by atoms with van der Waals surface area (Å²) in [6.45, 7) is 5.61. The first-order valence-electron chi connectivity index (χ1n) is 9.09. The molecule has 1 unspecified atom stereocenters. The molecule has 5 heteroatoms. The van der Waals surface area contributed by atoms with Crippen LogP contribution in [0.25, 0.3) is 5.69 Å². The molecule has 2 aromatic carbocycles. The van der Waals surface area contributed by atoms with Gasteiger partial charge in [0.15, 0.2) is 0 Å². The smallest absolute Gasteiger partial charge is 0.240 e. The number of aryl methyl sites for hydroxylation is 2. The molecule has 0 saturated heterocycles. The lowest BCUT2D eigenvalue weighted by molar-refractivity contribution is -0.130. The second-order valence-corrected chi connectivity index (χ2v) is 6.95. The molecule has 1 aliphatic rings. The van der Waals surface area contributed by atoms with Crippen LogP contribution in [0.5, 0.6) is 0 Å². The topological polar surface area (TPSA) is 50.5 Å². The zero-order valence-electron chi connectivity index (χ0n) is 15.8. The van der Waals surface area contributed by atoms with Crippen LogP contribution < -0.4 is 0 Å². The SMILES string of the molecule is CC(=O)N1N=C(c2ccc(C)cc2)CC1c1cn(-c2ccccc2)nc1C. The van der Waals surface area contributed by atoms with Gasteiger partial charge in [0, 0.05) is 25.1 Å². The third-order valence-electron chi connectivity index (χ3n) is 4.93. The van der Waals surface area contributed by atoms with Gasteiger partial charge in [-0.2, -0.15) is 10.2 Å². The molecule has 1 aromatic heterocycles. The molecule has 0 radical (unpaired) electrons. The molecule has 4 rings (SSSR count). The van der Waals surface area contributed by atoms with E-state index in [2.05, 4.69) is 41.4 Å². The average Bonchev–Trinajstić information content (AvgIpc) is 3.27. The highest BCUT2D eigenvalue weighted by Gasteiger charge is 2.33. The summed E-state index contributed by atoms with van der Waals surface area (Å²) in [6, 6.07) is 18.1. The summed E-state index contributed by atoms with van der Waals surface area (Å²) in [5.41, 5.74) is 6.14. The fourth-order valence-corrected chi connectivity index (χ4v) is 3.48. The Hall–Kier alpha value is -3.21. The van der Waals surface area contributed by atoms with Gasteiger partial charge >= 0.3 is 0 Å². The van der Waals surface area contributed by atoms with Gasteiger partial charge in [0.25, 0.3) is 0 Å². The Morgan fingerprint density at radius 2 is 1.74 bits per heavy atom. The predicted molar refractivity (Wildman–Crippen MR) is 106 cm³/mol. The first kappa shape index (κ1) is 17.2. The summed E-state index contributed by atoms with van der Waals surface area (Å²) in [5.74, 6) is -0.0611. The van der Waals surface area contributed by atoms with Gasteiger partial charge in [-0.1, -0.05) is 48.0 Å². The number of rotatable bonds is 3. The first-order valence-corrected chi connectivity index (χ1v) is 9.09. The second-order valence-electron chi connectivity index (χ2n) is 6.95. The van der Waals surface area contributed by atoms with Crippen molar-refractivity contribution < 1.29 is 4.79 Å². The Morgan fingerprint density at radius 1 is 1.04 bits per heavy atom. The summed E-state index contributed by atoms with van der Waals surface area (Å²) in [6.07, 6.45) is 2.70. The molecule has 3 aromatic rings. The molecule has 0 bridgehead atoms. The van der Waals surface area contributed by atoms with Crippen molar-refractivity contribution in [2.75, 3.05) is 0 Å². The molecule has 0 saturated carbocycles. The molecule has 2 heterocycles. The number of hydrogen-bond donors (Lipinski definition) is 0. The highest BCUT2D eigenvalue weighted by atomic mass is 16.2. The van der Waals surface area contributed by atoms with Crippen LogP contribution in [0.15, 0.2) is 65.9 Å². The fraction of sp³-hybridized carbons (Fsp3) is 0.227. The van der Waals surface area contributed by atoms with Crippen LogP contribution in [0.4, 0.5) is 0 Å². The van der Waals surface area contributed by atoms with Crippen LogP contribution >= 0.6 is 0 Å². The highest BCUT2D eigenvalue weighted by Crippen LogP contribution is 2.34. The Kier molecular flexibility index (Phi) is 4.36. The van der Waals surface area contributed by atoms with E-state index in [4.69, 9.17) is 0 Å². The Morgan fingerprint density at radius 3 is 2.41 bits per heavy atom. The third-order valence-corrected chi connectivity index (χ3v) is 4.93. The maximum Gasteiger partial charge on any atom is 0.240 e. The van der Waals surface area contributed by atoms with E-state index in [0.29, 0.717) is 6.42 Å². The number of hydrogen-bond acceptors (Lipinski definition) is 3. The molecule has 0 fully saturated rings. The van der Waals surface area contributed by atoms with E-state index in [-0.39, 0.29) is 11.9 Å². The summed E-state index contributed by atoms with van der Waals surface area (Å²) >= 11 is 0. The minimum absolute atomic E-state index is 0.0611. The van der Waals surface area contributed by atoms with Crippen molar-refractivity contribution in [3.8, 4) is 5.69 Å². The van der Waals surface area contributed by atoms with E-state index in [1.165, 1.54) is 5.56 Å². The lowest BCUT2D eigenvalue weighted by Gasteiger charge is -2.19. The molecule has 0 N–H and O–H groups in total. The molecule has 27 heavy (non-hydrogen) atoms. The van der Waals surface area contributed by atoms with Crippen LogP contribution in [-0.4, -0.2) is 26.4 Å². The van der Waals surface area contributed by atoms with Crippen molar-refractivity contribution in [2.24, 2.45) is 5.10 Å². The molecular formula is C22H22N4O. The van der Waals surface area contributed by atoms with Gasteiger partial charge in [-0.15, -0.1) is 0 Å². The molecule has 1 amide bonds. The van der Waals surface area contributed by atoms with Crippen LogP contribution in [0.2, 0.25) is 0 Å². The van der Waals surface area contributed by atoms with Gasteiger partial charge in [0.2, 0.25) is 5.91 Å². The zero-order chi connectivity index (χ0) is 19.0. The fourth-order valence-electron chi connectivity index (χ4n) is 3.48.